The average molecular weight is 606 g/mol. The van der Waals surface area contributed by atoms with Gasteiger partial charge in [-0.15, -0.1) is 0 Å². The number of benzene rings is 2. The number of nitrogens with one attached hydrogen (secondary N) is 1. The van der Waals surface area contributed by atoms with E-state index in [9.17, 15) is 19.5 Å². The predicted molar refractivity (Wildman–Crippen MR) is 158 cm³/mol. The summed E-state index contributed by atoms with van der Waals surface area (Å²) >= 11 is 0. The lowest BCUT2D eigenvalue weighted by Crippen LogP contribution is -2.67. The Hall–Kier alpha value is -4.05. The molecule has 5 atom stereocenters. The maximum atomic E-state index is 13.1. The summed E-state index contributed by atoms with van der Waals surface area (Å²) in [5.41, 5.74) is 0.0533. The van der Waals surface area contributed by atoms with E-state index in [1.54, 1.807) is 64.3 Å². The van der Waals surface area contributed by atoms with Crippen LogP contribution in [0.2, 0.25) is 0 Å². The molecule has 234 valence electrons. The fraction of sp³-hybridized carbons (Fsp3) is 0.500. The molecule has 1 spiro atoms. The van der Waals surface area contributed by atoms with Gasteiger partial charge in [-0.3, -0.25) is 9.59 Å². The highest BCUT2D eigenvalue weighted by atomic mass is 16.7. The van der Waals surface area contributed by atoms with E-state index >= 15 is 0 Å². The van der Waals surface area contributed by atoms with Crippen molar-refractivity contribution in [2.75, 3.05) is 13.7 Å². The maximum Gasteiger partial charge on any atom is 0.509 e. The molecule has 44 heavy (non-hydrogen) atoms. The highest BCUT2D eigenvalue weighted by Crippen LogP contribution is 2.67. The van der Waals surface area contributed by atoms with Crippen molar-refractivity contribution in [2.45, 2.75) is 88.1 Å². The van der Waals surface area contributed by atoms with Crippen LogP contribution in [0, 0.1) is 5.92 Å². The SMILES string of the molecule is COc1ccc2c3c1O[C@H]1C(OC(=O)CCNC(=O)[C@@H](OC(=O)OC(C)(C)C)c4ccccc4)=CC[C@@]4(O)[C@H](CCC[C@]314)C2. The zero-order valence-electron chi connectivity index (χ0n) is 25.5. The Labute approximate surface area is 256 Å². The Morgan fingerprint density at radius 1 is 1.14 bits per heavy atom. The van der Waals surface area contributed by atoms with E-state index in [1.165, 1.54) is 0 Å². The number of aliphatic hydroxyl groups is 1. The lowest BCUT2D eigenvalue weighted by molar-refractivity contribution is -0.160. The van der Waals surface area contributed by atoms with Crippen LogP contribution in [0.5, 0.6) is 11.5 Å². The van der Waals surface area contributed by atoms with Crippen molar-refractivity contribution in [1.29, 1.82) is 0 Å². The zero-order valence-corrected chi connectivity index (χ0v) is 25.5. The molecule has 2 aromatic rings. The van der Waals surface area contributed by atoms with Crippen molar-refractivity contribution in [1.82, 2.24) is 5.32 Å². The van der Waals surface area contributed by atoms with Gasteiger partial charge in [-0.2, -0.15) is 0 Å². The quantitative estimate of drug-likeness (QED) is 0.407. The number of carbonyl (C=O) groups is 3. The first-order valence-corrected chi connectivity index (χ1v) is 15.2. The fourth-order valence-electron chi connectivity index (χ4n) is 7.52. The van der Waals surface area contributed by atoms with Crippen LogP contribution >= 0.6 is 0 Å². The van der Waals surface area contributed by atoms with Gasteiger partial charge in [0.1, 0.15) is 11.4 Å². The highest BCUT2D eigenvalue weighted by Gasteiger charge is 2.70. The molecule has 10 heteroatoms. The van der Waals surface area contributed by atoms with Crippen LogP contribution in [0.3, 0.4) is 0 Å². The number of hydrogen-bond donors (Lipinski definition) is 2. The summed E-state index contributed by atoms with van der Waals surface area (Å²) in [5.74, 6) is 0.500. The van der Waals surface area contributed by atoms with Gasteiger partial charge < -0.3 is 34.1 Å². The molecule has 2 N–H and O–H groups in total. The summed E-state index contributed by atoms with van der Waals surface area (Å²) in [5, 5.41) is 14.9. The smallest absolute Gasteiger partial charge is 0.493 e. The van der Waals surface area contributed by atoms with Crippen molar-refractivity contribution >= 4 is 18.0 Å². The van der Waals surface area contributed by atoms with Gasteiger partial charge in [0.05, 0.1) is 24.5 Å². The fourth-order valence-corrected chi connectivity index (χ4v) is 7.52. The molecule has 1 amide bonds. The van der Waals surface area contributed by atoms with E-state index in [0.717, 1.165) is 30.4 Å². The lowest BCUT2D eigenvalue weighted by Gasteiger charge is -2.59. The molecule has 0 aromatic heterocycles. The van der Waals surface area contributed by atoms with Gasteiger partial charge in [-0.05, 0) is 70.1 Å². The van der Waals surface area contributed by atoms with E-state index in [4.69, 9.17) is 23.7 Å². The predicted octanol–water partition coefficient (Wildman–Crippen LogP) is 4.81. The molecule has 3 aliphatic carbocycles. The summed E-state index contributed by atoms with van der Waals surface area (Å²) in [6.45, 7) is 5.05. The molecule has 1 heterocycles. The minimum atomic E-state index is -1.26. The monoisotopic (exact) mass is 605 g/mol. The van der Waals surface area contributed by atoms with Gasteiger partial charge in [0, 0.05) is 17.7 Å². The molecule has 1 fully saturated rings. The van der Waals surface area contributed by atoms with E-state index in [0.29, 0.717) is 35.7 Å². The normalized spacial score (nSPS) is 26.7. The largest absolute Gasteiger partial charge is 0.509 e. The summed E-state index contributed by atoms with van der Waals surface area (Å²) < 4.78 is 28.6. The van der Waals surface area contributed by atoms with Gasteiger partial charge in [-0.25, -0.2) is 4.79 Å². The molecule has 6 rings (SSSR count). The summed E-state index contributed by atoms with van der Waals surface area (Å²) in [7, 11) is 1.59. The Kier molecular flexibility index (Phi) is 7.60. The molecule has 2 aromatic carbocycles. The van der Waals surface area contributed by atoms with Crippen LogP contribution in [0.4, 0.5) is 4.79 Å². The standard InChI is InChI=1S/C34H39NO9/c1-32(2,3)44-31(38)43-27(20-9-6-5-7-10-20)30(37)35-18-15-25(36)41-24-14-17-34(39)22-11-8-16-33(34)26-21(19-22)12-13-23(40-4)28(26)42-29(24)33/h5-7,9-10,12-14,22,27,29,39H,8,11,15-19H2,1-4H3,(H,35,37)/t22-,27+,29+,33+,34-/m1/s1. The van der Waals surface area contributed by atoms with Gasteiger partial charge in [0.2, 0.25) is 6.10 Å². The lowest BCUT2D eigenvalue weighted by atomic mass is 9.47. The molecule has 0 radical (unpaired) electrons. The van der Waals surface area contributed by atoms with Crippen molar-refractivity contribution in [3.8, 4) is 11.5 Å². The highest BCUT2D eigenvalue weighted by molar-refractivity contribution is 5.84. The van der Waals surface area contributed by atoms with Crippen molar-refractivity contribution in [3.63, 3.8) is 0 Å². The second-order valence-corrected chi connectivity index (χ2v) is 13.0. The minimum absolute atomic E-state index is 0.0488. The number of esters is 1. The van der Waals surface area contributed by atoms with Crippen LogP contribution in [-0.2, 0) is 35.6 Å². The second kappa shape index (κ2) is 11.1. The van der Waals surface area contributed by atoms with E-state index in [2.05, 4.69) is 11.4 Å². The first kappa shape index (κ1) is 30.0. The van der Waals surface area contributed by atoms with Crippen LogP contribution in [0.1, 0.15) is 75.7 Å². The molecular formula is C34H39NO9. The number of hydrogen-bond acceptors (Lipinski definition) is 9. The summed E-state index contributed by atoms with van der Waals surface area (Å²) in [6, 6.07) is 12.5. The van der Waals surface area contributed by atoms with Crippen molar-refractivity contribution in [2.24, 2.45) is 5.92 Å². The van der Waals surface area contributed by atoms with E-state index in [-0.39, 0.29) is 18.9 Å². The van der Waals surface area contributed by atoms with Gasteiger partial charge >= 0.3 is 12.1 Å². The number of methoxy groups -OCH3 is 1. The number of carbonyl (C=O) groups excluding carboxylic acids is 3. The Bertz CT molecular complexity index is 1500. The first-order valence-electron chi connectivity index (χ1n) is 15.2. The Balaban J connectivity index is 1.14. The Morgan fingerprint density at radius 2 is 1.91 bits per heavy atom. The molecule has 2 bridgehead atoms. The van der Waals surface area contributed by atoms with Crippen molar-refractivity contribution in [3.05, 3.63) is 71.0 Å². The minimum Gasteiger partial charge on any atom is -0.493 e. The van der Waals surface area contributed by atoms with Crippen LogP contribution in [0.25, 0.3) is 0 Å². The van der Waals surface area contributed by atoms with Gasteiger partial charge in [0.15, 0.2) is 17.6 Å². The number of rotatable bonds is 8. The number of ether oxygens (including phenoxy) is 5. The third kappa shape index (κ3) is 4.99. The van der Waals surface area contributed by atoms with E-state index < -0.39 is 46.9 Å². The third-order valence-electron chi connectivity index (χ3n) is 9.27. The topological polar surface area (TPSA) is 130 Å². The molecule has 10 nitrogen and oxygen atoms in total. The molecule has 0 saturated heterocycles. The van der Waals surface area contributed by atoms with Crippen LogP contribution < -0.4 is 14.8 Å². The molecule has 1 aliphatic heterocycles. The zero-order chi connectivity index (χ0) is 31.3. The summed E-state index contributed by atoms with van der Waals surface area (Å²) in [6.07, 6.45) is 2.43. The number of amides is 1. The van der Waals surface area contributed by atoms with Gasteiger partial charge in [0.25, 0.3) is 5.91 Å². The summed E-state index contributed by atoms with van der Waals surface area (Å²) in [4.78, 5) is 38.6. The Morgan fingerprint density at radius 3 is 2.64 bits per heavy atom. The molecule has 0 unspecified atom stereocenters. The van der Waals surface area contributed by atoms with Gasteiger partial charge in [-0.1, -0.05) is 42.8 Å². The third-order valence-corrected chi connectivity index (χ3v) is 9.27. The second-order valence-electron chi connectivity index (χ2n) is 13.0. The van der Waals surface area contributed by atoms with Crippen molar-refractivity contribution < 1.29 is 43.2 Å². The first-order chi connectivity index (χ1) is 21.0. The average Bonchev–Trinajstić information content (AvgIpc) is 3.32. The van der Waals surface area contributed by atoms with Crippen LogP contribution in [-0.4, -0.2) is 54.1 Å². The molecule has 1 saturated carbocycles. The molecule has 4 aliphatic rings. The molecular weight excluding hydrogens is 566 g/mol. The maximum absolute atomic E-state index is 13.1. The van der Waals surface area contributed by atoms with E-state index in [1.807, 2.05) is 6.07 Å². The van der Waals surface area contributed by atoms with Crippen LogP contribution in [0.15, 0.2) is 54.3 Å².